The van der Waals surface area contributed by atoms with Gasteiger partial charge in [-0.3, -0.25) is 0 Å². The molecule has 1 aliphatic rings. The van der Waals surface area contributed by atoms with Gasteiger partial charge in [0.05, 0.1) is 21.5 Å². The maximum atomic E-state index is 9.66. The molecule has 1 nitrogen and oxygen atoms in total. The fourth-order valence-electron chi connectivity index (χ4n) is 2.98. The van der Waals surface area contributed by atoms with Crippen molar-refractivity contribution < 1.29 is 0 Å². The van der Waals surface area contributed by atoms with Crippen molar-refractivity contribution in [2.45, 2.75) is 19.3 Å². The number of fused-ring (bicyclic) bond motifs is 1. The van der Waals surface area contributed by atoms with Crippen LogP contribution >= 0.6 is 23.2 Å². The van der Waals surface area contributed by atoms with Crippen LogP contribution in [0.2, 0.25) is 10.0 Å². The van der Waals surface area contributed by atoms with Crippen molar-refractivity contribution in [1.82, 2.24) is 0 Å². The molecule has 0 fully saturated rings. The predicted molar refractivity (Wildman–Crippen MR) is 82.1 cm³/mol. The number of nitriles is 1. The summed E-state index contributed by atoms with van der Waals surface area (Å²) in [6.45, 7) is 0. The van der Waals surface area contributed by atoms with Crippen molar-refractivity contribution in [3.63, 3.8) is 0 Å². The standard InChI is InChI=1S/C17H13Cl2N/c18-15-6-5-12(7-16(15)19)8-17(11-20)9-13-3-1-2-4-14(13)10-17/h1-7H,8-10H2. The SMILES string of the molecule is N#CC1(Cc2ccc(Cl)c(Cl)c2)Cc2ccccc2C1. The Morgan fingerprint density at radius 3 is 2.20 bits per heavy atom. The van der Waals surface area contributed by atoms with Gasteiger partial charge in [0, 0.05) is 0 Å². The zero-order chi connectivity index (χ0) is 14.2. The van der Waals surface area contributed by atoms with Crippen LogP contribution in [0.15, 0.2) is 42.5 Å². The van der Waals surface area contributed by atoms with Crippen molar-refractivity contribution in [2.75, 3.05) is 0 Å². The molecule has 2 aromatic carbocycles. The highest BCUT2D eigenvalue weighted by Gasteiger charge is 2.37. The zero-order valence-electron chi connectivity index (χ0n) is 10.9. The summed E-state index contributed by atoms with van der Waals surface area (Å²) in [5, 5.41) is 10.8. The Labute approximate surface area is 128 Å². The van der Waals surface area contributed by atoms with E-state index in [0.717, 1.165) is 18.4 Å². The highest BCUT2D eigenvalue weighted by atomic mass is 35.5. The van der Waals surface area contributed by atoms with Crippen LogP contribution in [0.3, 0.4) is 0 Å². The number of hydrogen-bond donors (Lipinski definition) is 0. The van der Waals surface area contributed by atoms with Crippen LogP contribution in [-0.2, 0) is 19.3 Å². The minimum atomic E-state index is -0.360. The van der Waals surface area contributed by atoms with Gasteiger partial charge in [-0.1, -0.05) is 53.5 Å². The topological polar surface area (TPSA) is 23.8 Å². The quantitative estimate of drug-likeness (QED) is 0.778. The van der Waals surface area contributed by atoms with E-state index in [2.05, 4.69) is 18.2 Å². The Morgan fingerprint density at radius 1 is 1.00 bits per heavy atom. The molecule has 0 N–H and O–H groups in total. The summed E-state index contributed by atoms with van der Waals surface area (Å²) < 4.78 is 0. The molecule has 1 aliphatic carbocycles. The maximum Gasteiger partial charge on any atom is 0.0700 e. The summed E-state index contributed by atoms with van der Waals surface area (Å²) in [6.07, 6.45) is 2.31. The highest BCUT2D eigenvalue weighted by molar-refractivity contribution is 6.42. The molecule has 100 valence electrons. The molecular weight excluding hydrogens is 289 g/mol. The van der Waals surface area contributed by atoms with Crippen LogP contribution in [-0.4, -0.2) is 0 Å². The van der Waals surface area contributed by atoms with Gasteiger partial charge in [0.2, 0.25) is 0 Å². The largest absolute Gasteiger partial charge is 0.198 e. The van der Waals surface area contributed by atoms with Crippen LogP contribution < -0.4 is 0 Å². The fraction of sp³-hybridized carbons (Fsp3) is 0.235. The second-order valence-corrected chi connectivity index (χ2v) is 6.25. The second-order valence-electron chi connectivity index (χ2n) is 5.44. The molecule has 3 heteroatoms. The molecule has 0 aliphatic heterocycles. The third kappa shape index (κ3) is 2.42. The predicted octanol–water partition coefficient (Wildman–Crippen LogP) is 4.84. The zero-order valence-corrected chi connectivity index (χ0v) is 12.4. The first-order chi connectivity index (χ1) is 9.62. The Morgan fingerprint density at radius 2 is 1.65 bits per heavy atom. The first kappa shape index (κ1) is 13.5. The van der Waals surface area contributed by atoms with Crippen LogP contribution in [0.1, 0.15) is 16.7 Å². The number of benzene rings is 2. The minimum absolute atomic E-state index is 0.360. The van der Waals surface area contributed by atoms with Crippen molar-refractivity contribution in [3.8, 4) is 6.07 Å². The molecule has 0 heterocycles. The Bertz CT molecular complexity index is 675. The van der Waals surface area contributed by atoms with E-state index in [1.807, 2.05) is 24.3 Å². The Kier molecular flexibility index (Phi) is 3.46. The maximum absolute atomic E-state index is 9.66. The van der Waals surface area contributed by atoms with E-state index in [1.165, 1.54) is 11.1 Å². The molecule has 0 atom stereocenters. The highest BCUT2D eigenvalue weighted by Crippen LogP contribution is 2.39. The molecule has 0 unspecified atom stereocenters. The van der Waals surface area contributed by atoms with Crippen molar-refractivity contribution in [1.29, 1.82) is 5.26 Å². The lowest BCUT2D eigenvalue weighted by Crippen LogP contribution is -2.22. The van der Waals surface area contributed by atoms with Crippen LogP contribution in [0, 0.1) is 16.7 Å². The van der Waals surface area contributed by atoms with Gasteiger partial charge >= 0.3 is 0 Å². The lowest BCUT2D eigenvalue weighted by Gasteiger charge is -2.20. The normalized spacial score (nSPS) is 15.7. The summed E-state index contributed by atoms with van der Waals surface area (Å²) in [4.78, 5) is 0. The third-order valence-electron chi connectivity index (χ3n) is 3.94. The molecule has 0 spiro atoms. The smallest absolute Gasteiger partial charge is 0.0700 e. The van der Waals surface area contributed by atoms with Gasteiger partial charge in [-0.2, -0.15) is 5.26 Å². The summed E-state index contributed by atoms with van der Waals surface area (Å²) >= 11 is 12.0. The number of halogens is 2. The summed E-state index contributed by atoms with van der Waals surface area (Å²) in [5.74, 6) is 0. The number of rotatable bonds is 2. The molecule has 0 saturated carbocycles. The van der Waals surface area contributed by atoms with Gasteiger partial charge in [-0.05, 0) is 48.1 Å². The van der Waals surface area contributed by atoms with E-state index in [-0.39, 0.29) is 5.41 Å². The fourth-order valence-corrected chi connectivity index (χ4v) is 3.30. The Hall–Kier alpha value is -1.49. The molecule has 20 heavy (non-hydrogen) atoms. The molecule has 2 aromatic rings. The lowest BCUT2D eigenvalue weighted by atomic mass is 9.80. The van der Waals surface area contributed by atoms with Crippen molar-refractivity contribution >= 4 is 23.2 Å². The summed E-state index contributed by atoms with van der Waals surface area (Å²) in [6, 6.07) is 16.4. The molecule has 0 saturated heterocycles. The molecule has 0 bridgehead atoms. The van der Waals surface area contributed by atoms with E-state index in [1.54, 1.807) is 6.07 Å². The van der Waals surface area contributed by atoms with Crippen LogP contribution in [0.4, 0.5) is 0 Å². The molecule has 0 radical (unpaired) electrons. The van der Waals surface area contributed by atoms with Crippen LogP contribution in [0.25, 0.3) is 0 Å². The van der Waals surface area contributed by atoms with Crippen molar-refractivity contribution in [2.24, 2.45) is 5.41 Å². The van der Waals surface area contributed by atoms with Gasteiger partial charge in [-0.25, -0.2) is 0 Å². The van der Waals surface area contributed by atoms with Gasteiger partial charge in [0.25, 0.3) is 0 Å². The first-order valence-electron chi connectivity index (χ1n) is 6.54. The average Bonchev–Trinajstić information content (AvgIpc) is 2.81. The summed E-state index contributed by atoms with van der Waals surface area (Å²) in [5.41, 5.74) is 3.28. The molecule has 0 aromatic heterocycles. The van der Waals surface area contributed by atoms with Crippen molar-refractivity contribution in [3.05, 3.63) is 69.2 Å². The van der Waals surface area contributed by atoms with Gasteiger partial charge in [-0.15, -0.1) is 0 Å². The van der Waals surface area contributed by atoms with E-state index >= 15 is 0 Å². The van der Waals surface area contributed by atoms with E-state index in [4.69, 9.17) is 23.2 Å². The monoisotopic (exact) mass is 301 g/mol. The first-order valence-corrected chi connectivity index (χ1v) is 7.29. The van der Waals surface area contributed by atoms with Gasteiger partial charge in [0.15, 0.2) is 0 Å². The second kappa shape index (κ2) is 5.13. The molecule has 0 amide bonds. The van der Waals surface area contributed by atoms with E-state index in [0.29, 0.717) is 16.5 Å². The van der Waals surface area contributed by atoms with Gasteiger partial charge in [0.1, 0.15) is 0 Å². The lowest BCUT2D eigenvalue weighted by molar-refractivity contribution is 0.418. The summed E-state index contributed by atoms with van der Waals surface area (Å²) in [7, 11) is 0. The number of hydrogen-bond acceptors (Lipinski definition) is 1. The Balaban J connectivity index is 1.89. The number of nitrogens with zero attached hydrogens (tertiary/aromatic N) is 1. The molecule has 3 rings (SSSR count). The minimum Gasteiger partial charge on any atom is -0.198 e. The van der Waals surface area contributed by atoms with Crippen LogP contribution in [0.5, 0.6) is 0 Å². The van der Waals surface area contributed by atoms with E-state index < -0.39 is 0 Å². The van der Waals surface area contributed by atoms with E-state index in [9.17, 15) is 5.26 Å². The average molecular weight is 302 g/mol. The van der Waals surface area contributed by atoms with Gasteiger partial charge < -0.3 is 0 Å². The third-order valence-corrected chi connectivity index (χ3v) is 4.68. The molecular formula is C17H13Cl2N.